The first-order valence-corrected chi connectivity index (χ1v) is 10.5. The number of benzene rings is 2. The molecule has 2 aromatic carbocycles. The minimum Gasteiger partial charge on any atom is -0.481 e. The number of carbonyl (C=O) groups is 4. The lowest BCUT2D eigenvalue weighted by molar-refractivity contribution is -0.143. The van der Waals surface area contributed by atoms with E-state index in [0.717, 1.165) is 27.2 Å². The second-order valence-corrected chi connectivity index (χ2v) is 8.10. The minimum atomic E-state index is -1.36. The van der Waals surface area contributed by atoms with Crippen LogP contribution in [0.4, 0.5) is 4.79 Å². The van der Waals surface area contributed by atoms with Crippen molar-refractivity contribution in [2.24, 2.45) is 0 Å². The van der Waals surface area contributed by atoms with E-state index in [9.17, 15) is 24.3 Å². The zero-order valence-electron chi connectivity index (χ0n) is 18.8. The van der Waals surface area contributed by atoms with Crippen molar-refractivity contribution in [1.29, 1.82) is 0 Å². The number of hydrogen-bond donors (Lipinski definition) is 2. The predicted octanol–water partition coefficient (Wildman–Crippen LogP) is 1.92. The summed E-state index contributed by atoms with van der Waals surface area (Å²) < 4.78 is 5.41. The smallest absolute Gasteiger partial charge is 0.407 e. The first kappa shape index (κ1) is 23.8. The van der Waals surface area contributed by atoms with Gasteiger partial charge in [0, 0.05) is 27.1 Å². The van der Waals surface area contributed by atoms with Gasteiger partial charge < -0.3 is 25.0 Å². The van der Waals surface area contributed by atoms with Crippen LogP contribution in [0.15, 0.2) is 48.5 Å². The lowest BCUT2D eigenvalue weighted by Gasteiger charge is -2.24. The van der Waals surface area contributed by atoms with Crippen molar-refractivity contribution in [2.75, 3.05) is 34.3 Å². The third kappa shape index (κ3) is 5.49. The lowest BCUT2D eigenvalue weighted by Crippen LogP contribution is -2.50. The molecule has 174 valence electrons. The average Bonchev–Trinajstić information content (AvgIpc) is 3.10. The summed E-state index contributed by atoms with van der Waals surface area (Å²) in [4.78, 5) is 50.7. The molecule has 0 aromatic heterocycles. The number of likely N-dealkylation sites (N-methyl/N-ethyl adjacent to an activating group) is 2. The topological polar surface area (TPSA) is 116 Å². The summed E-state index contributed by atoms with van der Waals surface area (Å²) in [5, 5.41) is 11.5. The van der Waals surface area contributed by atoms with Crippen molar-refractivity contribution in [2.45, 2.75) is 18.4 Å². The zero-order chi connectivity index (χ0) is 24.1. The third-order valence-corrected chi connectivity index (χ3v) is 5.56. The summed E-state index contributed by atoms with van der Waals surface area (Å²) in [6, 6.07) is 14.4. The van der Waals surface area contributed by atoms with Gasteiger partial charge in [0.2, 0.25) is 11.8 Å². The molecule has 3 rings (SSSR count). The van der Waals surface area contributed by atoms with Crippen LogP contribution in [0.3, 0.4) is 0 Å². The summed E-state index contributed by atoms with van der Waals surface area (Å²) in [6.45, 7) is -0.211. The molecule has 33 heavy (non-hydrogen) atoms. The maximum atomic E-state index is 12.7. The highest BCUT2D eigenvalue weighted by atomic mass is 16.5. The molecule has 0 spiro atoms. The Balaban J connectivity index is 1.67. The summed E-state index contributed by atoms with van der Waals surface area (Å²) >= 11 is 0. The lowest BCUT2D eigenvalue weighted by atomic mass is 9.98. The third-order valence-electron chi connectivity index (χ3n) is 5.56. The SMILES string of the molecule is CN(C)C(=O)CN(C)C(=O)C(CC(=O)O)NC(=O)OCC1c2ccccc2-c2ccccc21. The molecular weight excluding hydrogens is 426 g/mol. The molecule has 1 unspecified atom stereocenters. The van der Waals surface area contributed by atoms with Crippen molar-refractivity contribution in [3.05, 3.63) is 59.7 Å². The largest absolute Gasteiger partial charge is 0.481 e. The monoisotopic (exact) mass is 453 g/mol. The molecule has 9 heteroatoms. The Kier molecular flexibility index (Phi) is 7.32. The normalized spacial score (nSPS) is 12.8. The number of hydrogen-bond acceptors (Lipinski definition) is 5. The second kappa shape index (κ2) is 10.2. The molecule has 0 heterocycles. The van der Waals surface area contributed by atoms with Crippen LogP contribution < -0.4 is 5.32 Å². The Labute approximate surface area is 191 Å². The average molecular weight is 453 g/mol. The van der Waals surface area contributed by atoms with Gasteiger partial charge in [-0.1, -0.05) is 48.5 Å². The quantitative estimate of drug-likeness (QED) is 0.631. The first-order chi connectivity index (χ1) is 15.7. The highest BCUT2D eigenvalue weighted by Crippen LogP contribution is 2.44. The summed E-state index contributed by atoms with van der Waals surface area (Å²) in [5.74, 6) is -2.46. The zero-order valence-corrected chi connectivity index (χ0v) is 18.8. The number of alkyl carbamates (subject to hydrolysis) is 1. The fraction of sp³-hybridized carbons (Fsp3) is 0.333. The van der Waals surface area contributed by atoms with E-state index in [1.54, 1.807) is 14.1 Å². The molecule has 0 saturated heterocycles. The number of fused-ring (bicyclic) bond motifs is 3. The van der Waals surface area contributed by atoms with E-state index in [2.05, 4.69) is 5.32 Å². The van der Waals surface area contributed by atoms with Gasteiger partial charge in [-0.3, -0.25) is 14.4 Å². The van der Waals surface area contributed by atoms with Crippen LogP contribution in [0.2, 0.25) is 0 Å². The number of amides is 3. The standard InChI is InChI=1S/C24H27N3O6/c1-26(2)21(28)13-27(3)23(31)20(12-22(29)30)25-24(32)33-14-19-17-10-6-4-8-15(17)16-9-5-7-11-18(16)19/h4-11,19-20H,12-14H2,1-3H3,(H,25,32)(H,29,30). The maximum Gasteiger partial charge on any atom is 0.407 e. The molecular formula is C24H27N3O6. The van der Waals surface area contributed by atoms with E-state index in [-0.39, 0.29) is 25.0 Å². The van der Waals surface area contributed by atoms with Crippen LogP contribution in [0.5, 0.6) is 0 Å². The van der Waals surface area contributed by atoms with E-state index in [1.807, 2.05) is 48.5 Å². The highest BCUT2D eigenvalue weighted by Gasteiger charge is 2.31. The molecule has 1 atom stereocenters. The van der Waals surface area contributed by atoms with E-state index in [1.165, 1.54) is 11.9 Å². The van der Waals surface area contributed by atoms with Crippen molar-refractivity contribution in [1.82, 2.24) is 15.1 Å². The minimum absolute atomic E-state index is 0.0306. The Bertz CT molecular complexity index is 1020. The highest BCUT2D eigenvalue weighted by molar-refractivity contribution is 5.91. The van der Waals surface area contributed by atoms with Crippen molar-refractivity contribution in [3.63, 3.8) is 0 Å². The van der Waals surface area contributed by atoms with Gasteiger partial charge in [-0.2, -0.15) is 0 Å². The summed E-state index contributed by atoms with van der Waals surface area (Å²) in [7, 11) is 4.46. The van der Waals surface area contributed by atoms with Gasteiger partial charge in [0.1, 0.15) is 12.6 Å². The Hall–Kier alpha value is -3.88. The fourth-order valence-corrected chi connectivity index (χ4v) is 3.85. The van der Waals surface area contributed by atoms with E-state index in [4.69, 9.17) is 4.74 Å². The summed E-state index contributed by atoms with van der Waals surface area (Å²) in [6.07, 6.45) is -1.53. The van der Waals surface area contributed by atoms with Crippen molar-refractivity contribution >= 4 is 23.9 Å². The number of carbonyl (C=O) groups excluding carboxylic acids is 3. The number of carboxylic acids is 1. The van der Waals surface area contributed by atoms with Gasteiger partial charge in [0.05, 0.1) is 13.0 Å². The molecule has 3 amide bonds. The van der Waals surface area contributed by atoms with Gasteiger partial charge in [-0.05, 0) is 22.3 Å². The van der Waals surface area contributed by atoms with Gasteiger partial charge in [-0.15, -0.1) is 0 Å². The second-order valence-electron chi connectivity index (χ2n) is 8.10. The maximum absolute atomic E-state index is 12.7. The van der Waals surface area contributed by atoms with Crippen molar-refractivity contribution in [3.8, 4) is 11.1 Å². The van der Waals surface area contributed by atoms with Gasteiger partial charge in [0.25, 0.3) is 0 Å². The van der Waals surface area contributed by atoms with Gasteiger partial charge in [0.15, 0.2) is 0 Å². The Morgan fingerprint density at radius 3 is 2.03 bits per heavy atom. The Morgan fingerprint density at radius 2 is 1.52 bits per heavy atom. The van der Waals surface area contributed by atoms with Crippen LogP contribution in [-0.4, -0.2) is 79.1 Å². The van der Waals surface area contributed by atoms with Gasteiger partial charge in [-0.25, -0.2) is 4.79 Å². The molecule has 0 saturated carbocycles. The van der Waals surface area contributed by atoms with Crippen LogP contribution in [0.1, 0.15) is 23.5 Å². The number of rotatable bonds is 8. The summed E-state index contributed by atoms with van der Waals surface area (Å²) in [5.41, 5.74) is 4.22. The fourth-order valence-electron chi connectivity index (χ4n) is 3.85. The van der Waals surface area contributed by atoms with Gasteiger partial charge >= 0.3 is 12.1 Å². The van der Waals surface area contributed by atoms with Crippen LogP contribution >= 0.6 is 0 Å². The molecule has 2 N–H and O–H groups in total. The molecule has 0 aliphatic heterocycles. The van der Waals surface area contributed by atoms with E-state index in [0.29, 0.717) is 0 Å². The molecule has 0 bridgehead atoms. The first-order valence-electron chi connectivity index (χ1n) is 10.5. The van der Waals surface area contributed by atoms with E-state index >= 15 is 0 Å². The number of nitrogens with zero attached hydrogens (tertiary/aromatic N) is 2. The number of carboxylic acid groups (broad SMARTS) is 1. The Morgan fingerprint density at radius 1 is 0.970 bits per heavy atom. The molecule has 9 nitrogen and oxygen atoms in total. The molecule has 1 aliphatic carbocycles. The van der Waals surface area contributed by atoms with Crippen LogP contribution in [-0.2, 0) is 19.1 Å². The number of ether oxygens (including phenoxy) is 1. The number of nitrogens with one attached hydrogen (secondary N) is 1. The molecule has 0 radical (unpaired) electrons. The van der Waals surface area contributed by atoms with Crippen molar-refractivity contribution < 1.29 is 29.0 Å². The molecule has 0 fully saturated rings. The predicted molar refractivity (Wildman–Crippen MR) is 121 cm³/mol. The van der Waals surface area contributed by atoms with Crippen LogP contribution in [0.25, 0.3) is 11.1 Å². The molecule has 1 aliphatic rings. The van der Waals surface area contributed by atoms with E-state index < -0.39 is 30.4 Å². The molecule has 2 aromatic rings. The number of aliphatic carboxylic acids is 1. The van der Waals surface area contributed by atoms with Crippen LogP contribution in [0, 0.1) is 0 Å².